The lowest BCUT2D eigenvalue weighted by atomic mass is 9.82. The van der Waals surface area contributed by atoms with Crippen LogP contribution in [0.25, 0.3) is 107 Å². The van der Waals surface area contributed by atoms with E-state index >= 15 is 0 Å². The minimum atomic E-state index is 1.22. The first-order chi connectivity index (χ1) is 25.3. The number of thiophene rings is 1. The van der Waals surface area contributed by atoms with E-state index in [1.54, 1.807) is 0 Å². The van der Waals surface area contributed by atoms with Gasteiger partial charge >= 0.3 is 0 Å². The van der Waals surface area contributed by atoms with E-state index in [4.69, 9.17) is 0 Å². The predicted molar refractivity (Wildman–Crippen MR) is 223 cm³/mol. The van der Waals surface area contributed by atoms with Crippen LogP contribution in [0.15, 0.2) is 182 Å². The molecule has 0 bridgehead atoms. The molecule has 0 spiro atoms. The second-order valence-electron chi connectivity index (χ2n) is 13.6. The summed E-state index contributed by atoms with van der Waals surface area (Å²) in [4.78, 5) is 0. The summed E-state index contributed by atoms with van der Waals surface area (Å²) in [6.45, 7) is 0. The molecule has 1 aromatic heterocycles. The first kappa shape index (κ1) is 28.5. The third kappa shape index (κ3) is 4.26. The molecule has 11 rings (SSSR count). The van der Waals surface area contributed by atoms with Crippen molar-refractivity contribution < 1.29 is 0 Å². The molecule has 10 aromatic carbocycles. The monoisotopic (exact) mass is 662 g/mol. The number of benzene rings is 10. The third-order valence-electron chi connectivity index (χ3n) is 10.8. The van der Waals surface area contributed by atoms with Crippen LogP contribution in [0.2, 0.25) is 0 Å². The summed E-state index contributed by atoms with van der Waals surface area (Å²) in [5, 5.41) is 15.4. The molecule has 0 aliphatic carbocycles. The van der Waals surface area contributed by atoms with Crippen LogP contribution in [-0.4, -0.2) is 0 Å². The molecule has 0 fully saturated rings. The van der Waals surface area contributed by atoms with Gasteiger partial charge in [0.25, 0.3) is 0 Å². The van der Waals surface area contributed by atoms with Crippen molar-refractivity contribution in [2.24, 2.45) is 0 Å². The first-order valence-corrected chi connectivity index (χ1v) is 18.4. The second kappa shape index (κ2) is 11.1. The van der Waals surface area contributed by atoms with Crippen molar-refractivity contribution in [2.45, 2.75) is 0 Å². The van der Waals surface area contributed by atoms with Gasteiger partial charge in [0, 0.05) is 25.7 Å². The number of rotatable bonds is 3. The maximum absolute atomic E-state index is 2.44. The first-order valence-electron chi connectivity index (χ1n) is 17.6. The molecule has 0 aliphatic heterocycles. The fourth-order valence-corrected chi connectivity index (χ4v) is 9.91. The summed E-state index contributed by atoms with van der Waals surface area (Å²) in [7, 11) is 0. The van der Waals surface area contributed by atoms with E-state index in [0.29, 0.717) is 0 Å². The Morgan fingerprint density at radius 1 is 0.255 bits per heavy atom. The molecule has 1 heterocycles. The summed E-state index contributed by atoms with van der Waals surface area (Å²) < 4.78 is 2.70. The summed E-state index contributed by atoms with van der Waals surface area (Å²) >= 11 is 1.93. The van der Waals surface area contributed by atoms with Gasteiger partial charge in [-0.25, -0.2) is 0 Å². The van der Waals surface area contributed by atoms with E-state index < -0.39 is 0 Å². The van der Waals surface area contributed by atoms with Gasteiger partial charge in [-0.3, -0.25) is 0 Å². The van der Waals surface area contributed by atoms with Gasteiger partial charge in [-0.05, 0) is 93.8 Å². The Morgan fingerprint density at radius 2 is 0.765 bits per heavy atom. The molecular weight excluding hydrogens is 633 g/mol. The molecule has 0 unspecified atom stereocenters. The number of fused-ring (bicyclic) bond motifs is 10. The third-order valence-corrected chi connectivity index (χ3v) is 12.1. The highest BCUT2D eigenvalue weighted by Crippen LogP contribution is 2.50. The molecule has 0 N–H and O–H groups in total. The van der Waals surface area contributed by atoms with Gasteiger partial charge in [0.1, 0.15) is 0 Å². The van der Waals surface area contributed by atoms with Crippen LogP contribution < -0.4 is 0 Å². The van der Waals surface area contributed by atoms with Gasteiger partial charge in [-0.2, -0.15) is 0 Å². The summed E-state index contributed by atoms with van der Waals surface area (Å²) in [6, 6.07) is 67.5. The normalized spacial score (nSPS) is 11.9. The lowest BCUT2D eigenvalue weighted by Gasteiger charge is -2.21. The van der Waals surface area contributed by atoms with E-state index in [-0.39, 0.29) is 0 Å². The fourth-order valence-electron chi connectivity index (χ4n) is 8.55. The molecule has 0 radical (unpaired) electrons. The largest absolute Gasteiger partial charge is 0.134 e. The highest BCUT2D eigenvalue weighted by atomic mass is 32.1. The van der Waals surface area contributed by atoms with E-state index in [1.165, 1.54) is 107 Å². The Balaban J connectivity index is 1.27. The van der Waals surface area contributed by atoms with Crippen molar-refractivity contribution in [3.63, 3.8) is 0 Å². The van der Waals surface area contributed by atoms with Crippen molar-refractivity contribution in [1.82, 2.24) is 0 Å². The molecule has 0 saturated carbocycles. The van der Waals surface area contributed by atoms with Crippen molar-refractivity contribution in [2.75, 3.05) is 0 Å². The van der Waals surface area contributed by atoms with Crippen LogP contribution >= 0.6 is 11.3 Å². The van der Waals surface area contributed by atoms with Crippen LogP contribution in [-0.2, 0) is 0 Å². The van der Waals surface area contributed by atoms with E-state index in [2.05, 4.69) is 182 Å². The van der Waals surface area contributed by atoms with Crippen molar-refractivity contribution in [3.8, 4) is 33.4 Å². The second-order valence-corrected chi connectivity index (χ2v) is 14.6. The number of hydrogen-bond donors (Lipinski definition) is 0. The zero-order valence-corrected chi connectivity index (χ0v) is 28.5. The van der Waals surface area contributed by atoms with Gasteiger partial charge in [0.15, 0.2) is 0 Å². The highest BCUT2D eigenvalue weighted by molar-refractivity contribution is 7.27. The van der Waals surface area contributed by atoms with Crippen LogP contribution in [0.4, 0.5) is 0 Å². The molecular formula is C50H30S. The quantitative estimate of drug-likeness (QED) is 0.130. The topological polar surface area (TPSA) is 0 Å². The van der Waals surface area contributed by atoms with Gasteiger partial charge in [0.05, 0.1) is 0 Å². The summed E-state index contributed by atoms with van der Waals surface area (Å²) in [5.41, 5.74) is 7.62. The predicted octanol–water partition coefficient (Wildman–Crippen LogP) is 14.8. The van der Waals surface area contributed by atoms with Crippen LogP contribution in [0, 0.1) is 0 Å². The van der Waals surface area contributed by atoms with Gasteiger partial charge in [-0.15, -0.1) is 11.3 Å². The molecule has 0 amide bonds. The molecule has 0 nitrogen and oxygen atoms in total. The molecule has 1 heteroatoms. The number of hydrogen-bond acceptors (Lipinski definition) is 1. The van der Waals surface area contributed by atoms with Crippen LogP contribution in [0.3, 0.4) is 0 Å². The average molecular weight is 663 g/mol. The highest BCUT2D eigenvalue weighted by Gasteiger charge is 2.22. The SMILES string of the molecule is c1ccc(-c2cc3c(ccc4ccccc43)cc2-c2c3ccccc3c(-c3cccc4c3sc3c5ccccc5ccc43)c3ccccc23)cc1. The van der Waals surface area contributed by atoms with Crippen molar-refractivity contribution in [3.05, 3.63) is 182 Å². The lowest BCUT2D eigenvalue weighted by Crippen LogP contribution is -1.93. The minimum absolute atomic E-state index is 1.22. The van der Waals surface area contributed by atoms with Gasteiger partial charge in [0.2, 0.25) is 0 Å². The Hall–Kier alpha value is -6.28. The summed E-state index contributed by atoms with van der Waals surface area (Å²) in [5.74, 6) is 0. The smallest absolute Gasteiger partial charge is 0.0434 e. The van der Waals surface area contributed by atoms with Crippen LogP contribution in [0.5, 0.6) is 0 Å². The van der Waals surface area contributed by atoms with E-state index in [9.17, 15) is 0 Å². The van der Waals surface area contributed by atoms with Gasteiger partial charge < -0.3 is 0 Å². The maximum Gasteiger partial charge on any atom is 0.0434 e. The van der Waals surface area contributed by atoms with Crippen molar-refractivity contribution in [1.29, 1.82) is 0 Å². The van der Waals surface area contributed by atoms with E-state index in [0.717, 1.165) is 0 Å². The zero-order chi connectivity index (χ0) is 33.5. The maximum atomic E-state index is 2.44. The molecule has 0 saturated heterocycles. The lowest BCUT2D eigenvalue weighted by molar-refractivity contribution is 1.63. The Kier molecular flexibility index (Phi) is 6.22. The van der Waals surface area contributed by atoms with Crippen molar-refractivity contribution >= 4 is 85.4 Å². The van der Waals surface area contributed by atoms with E-state index in [1.807, 2.05) is 11.3 Å². The molecule has 0 atom stereocenters. The Labute approximate surface area is 299 Å². The average Bonchev–Trinajstić information content (AvgIpc) is 3.59. The standard InChI is InChI=1S/C50H30S/c1-2-13-31(14-3-1)44-30-45-34(26-25-32-15-4-6-17-35(32)45)29-46(44)48-39-21-10-8-19-37(39)47(38-20-9-11-22-40(38)48)43-24-12-23-41-42-28-27-33-16-5-7-18-36(33)49(42)51-50(41)43/h1-30H. The summed E-state index contributed by atoms with van der Waals surface area (Å²) in [6.07, 6.45) is 0. The van der Waals surface area contributed by atoms with Gasteiger partial charge in [-0.1, -0.05) is 170 Å². The zero-order valence-electron chi connectivity index (χ0n) is 27.7. The van der Waals surface area contributed by atoms with Crippen LogP contribution in [0.1, 0.15) is 0 Å². The Morgan fingerprint density at radius 3 is 1.47 bits per heavy atom. The Bertz CT molecular complexity index is 3130. The molecule has 236 valence electrons. The molecule has 11 aromatic rings. The minimum Gasteiger partial charge on any atom is -0.134 e. The molecule has 0 aliphatic rings. The molecule has 51 heavy (non-hydrogen) atoms. The fraction of sp³-hybridized carbons (Fsp3) is 0.